The summed E-state index contributed by atoms with van der Waals surface area (Å²) >= 11 is 0. The van der Waals surface area contributed by atoms with Crippen molar-refractivity contribution in [3.05, 3.63) is 24.3 Å². The van der Waals surface area contributed by atoms with Gasteiger partial charge in [-0.25, -0.2) is 4.79 Å². The summed E-state index contributed by atoms with van der Waals surface area (Å²) in [6.45, 7) is 4.11. The van der Waals surface area contributed by atoms with Gasteiger partial charge in [-0.2, -0.15) is 0 Å². The molecular formula is C12H18N2O3. The predicted octanol–water partition coefficient (Wildman–Crippen LogP) is 1.59. The fourth-order valence-electron chi connectivity index (χ4n) is 1.27. The zero-order valence-electron chi connectivity index (χ0n) is 10.1. The van der Waals surface area contributed by atoms with Gasteiger partial charge in [0.1, 0.15) is 5.75 Å². The second kappa shape index (κ2) is 6.75. The first kappa shape index (κ1) is 13.3. The predicted molar refractivity (Wildman–Crippen MR) is 66.3 cm³/mol. The topological polar surface area (TPSA) is 70.6 Å². The van der Waals surface area contributed by atoms with E-state index in [0.717, 1.165) is 0 Å². The highest BCUT2D eigenvalue weighted by molar-refractivity contribution is 5.89. The molecule has 0 spiro atoms. The van der Waals surface area contributed by atoms with Gasteiger partial charge < -0.3 is 20.5 Å². The molecule has 94 valence electrons. The van der Waals surface area contributed by atoms with E-state index in [2.05, 4.69) is 10.6 Å². The van der Waals surface area contributed by atoms with Crippen molar-refractivity contribution in [2.45, 2.75) is 19.9 Å². The van der Waals surface area contributed by atoms with Crippen LogP contribution in [0.1, 0.15) is 13.8 Å². The van der Waals surface area contributed by atoms with Crippen LogP contribution in [0.4, 0.5) is 10.5 Å². The van der Waals surface area contributed by atoms with Crippen molar-refractivity contribution in [1.82, 2.24) is 5.32 Å². The second-order valence-electron chi connectivity index (χ2n) is 3.64. The zero-order valence-corrected chi connectivity index (χ0v) is 10.1. The minimum absolute atomic E-state index is 0.0909. The molecular weight excluding hydrogens is 220 g/mol. The molecule has 0 radical (unpaired) electrons. The van der Waals surface area contributed by atoms with Crippen LogP contribution < -0.4 is 15.4 Å². The summed E-state index contributed by atoms with van der Waals surface area (Å²) < 4.78 is 5.32. The lowest BCUT2D eigenvalue weighted by Crippen LogP contribution is -2.38. The Morgan fingerprint density at radius 3 is 2.94 bits per heavy atom. The highest BCUT2D eigenvalue weighted by atomic mass is 16.5. The third kappa shape index (κ3) is 4.74. The van der Waals surface area contributed by atoms with Crippen LogP contribution in [-0.4, -0.2) is 30.4 Å². The molecule has 0 aromatic heterocycles. The molecule has 5 heteroatoms. The van der Waals surface area contributed by atoms with Gasteiger partial charge in [-0.15, -0.1) is 0 Å². The van der Waals surface area contributed by atoms with Gasteiger partial charge in [-0.1, -0.05) is 6.07 Å². The summed E-state index contributed by atoms with van der Waals surface area (Å²) in [7, 11) is 0. The molecule has 0 heterocycles. The summed E-state index contributed by atoms with van der Waals surface area (Å²) in [6.07, 6.45) is 0. The molecule has 0 saturated carbocycles. The SMILES string of the molecule is CCOc1cccc(NC(=O)NC(C)CO)c1. The van der Waals surface area contributed by atoms with Gasteiger partial charge >= 0.3 is 6.03 Å². The normalized spacial score (nSPS) is 11.7. The molecule has 0 aliphatic rings. The number of hydrogen-bond donors (Lipinski definition) is 3. The molecule has 0 saturated heterocycles. The molecule has 0 fully saturated rings. The summed E-state index contributed by atoms with van der Waals surface area (Å²) in [5.41, 5.74) is 0.651. The quantitative estimate of drug-likeness (QED) is 0.729. The number of ether oxygens (including phenoxy) is 1. The van der Waals surface area contributed by atoms with Crippen LogP contribution in [0.15, 0.2) is 24.3 Å². The maximum Gasteiger partial charge on any atom is 0.319 e. The number of aliphatic hydroxyl groups excluding tert-OH is 1. The van der Waals surface area contributed by atoms with Crippen molar-refractivity contribution < 1.29 is 14.6 Å². The van der Waals surface area contributed by atoms with Gasteiger partial charge in [0.2, 0.25) is 0 Å². The second-order valence-corrected chi connectivity index (χ2v) is 3.64. The summed E-state index contributed by atoms with van der Waals surface area (Å²) in [6, 6.07) is 6.52. The molecule has 1 aromatic rings. The Balaban J connectivity index is 2.55. The summed E-state index contributed by atoms with van der Waals surface area (Å²) in [5.74, 6) is 0.709. The molecule has 3 N–H and O–H groups in total. The molecule has 1 rings (SSSR count). The number of benzene rings is 1. The monoisotopic (exact) mass is 238 g/mol. The Morgan fingerprint density at radius 2 is 2.29 bits per heavy atom. The number of aliphatic hydroxyl groups is 1. The summed E-state index contributed by atoms with van der Waals surface area (Å²) in [4.78, 5) is 11.5. The Morgan fingerprint density at radius 1 is 1.53 bits per heavy atom. The highest BCUT2D eigenvalue weighted by Crippen LogP contribution is 2.16. The third-order valence-corrected chi connectivity index (χ3v) is 2.05. The van der Waals surface area contributed by atoms with E-state index in [-0.39, 0.29) is 18.7 Å². The van der Waals surface area contributed by atoms with Crippen molar-refractivity contribution in [1.29, 1.82) is 0 Å². The first-order chi connectivity index (χ1) is 8.15. The molecule has 17 heavy (non-hydrogen) atoms. The Hall–Kier alpha value is -1.75. The van der Waals surface area contributed by atoms with E-state index in [1.807, 2.05) is 13.0 Å². The fourth-order valence-corrected chi connectivity index (χ4v) is 1.27. The van der Waals surface area contributed by atoms with Gasteiger partial charge in [0, 0.05) is 11.8 Å². The van der Waals surface area contributed by atoms with Crippen molar-refractivity contribution in [2.24, 2.45) is 0 Å². The lowest BCUT2D eigenvalue weighted by molar-refractivity contribution is 0.229. The average molecular weight is 238 g/mol. The molecule has 5 nitrogen and oxygen atoms in total. The Bertz CT molecular complexity index is 369. The van der Waals surface area contributed by atoms with Crippen LogP contribution in [0.25, 0.3) is 0 Å². The molecule has 1 unspecified atom stereocenters. The van der Waals surface area contributed by atoms with E-state index in [1.165, 1.54) is 0 Å². The molecule has 0 aliphatic carbocycles. The highest BCUT2D eigenvalue weighted by Gasteiger charge is 2.06. The van der Waals surface area contributed by atoms with E-state index in [1.54, 1.807) is 25.1 Å². The van der Waals surface area contributed by atoms with Crippen molar-refractivity contribution >= 4 is 11.7 Å². The van der Waals surface area contributed by atoms with Crippen LogP contribution in [0, 0.1) is 0 Å². The minimum Gasteiger partial charge on any atom is -0.494 e. The number of hydrogen-bond acceptors (Lipinski definition) is 3. The van der Waals surface area contributed by atoms with E-state index in [9.17, 15) is 4.79 Å². The number of amides is 2. The van der Waals surface area contributed by atoms with Gasteiger partial charge in [0.15, 0.2) is 0 Å². The summed E-state index contributed by atoms with van der Waals surface area (Å²) in [5, 5.41) is 14.1. The number of rotatable bonds is 5. The minimum atomic E-state index is -0.347. The third-order valence-electron chi connectivity index (χ3n) is 2.05. The van der Waals surface area contributed by atoms with Crippen molar-refractivity contribution in [3.8, 4) is 5.75 Å². The number of urea groups is 1. The first-order valence-corrected chi connectivity index (χ1v) is 5.57. The lowest BCUT2D eigenvalue weighted by Gasteiger charge is -2.12. The van der Waals surface area contributed by atoms with Crippen LogP contribution in [0.5, 0.6) is 5.75 Å². The van der Waals surface area contributed by atoms with E-state index >= 15 is 0 Å². The largest absolute Gasteiger partial charge is 0.494 e. The standard InChI is InChI=1S/C12H18N2O3/c1-3-17-11-6-4-5-10(7-11)14-12(16)13-9(2)8-15/h4-7,9,15H,3,8H2,1-2H3,(H2,13,14,16). The maximum absolute atomic E-state index is 11.5. The van der Waals surface area contributed by atoms with Gasteiger partial charge in [-0.05, 0) is 26.0 Å². The van der Waals surface area contributed by atoms with Crippen LogP contribution in [0.2, 0.25) is 0 Å². The molecule has 0 aliphatic heterocycles. The van der Waals surface area contributed by atoms with Crippen LogP contribution in [0.3, 0.4) is 0 Å². The lowest BCUT2D eigenvalue weighted by atomic mass is 10.3. The van der Waals surface area contributed by atoms with Gasteiger partial charge in [0.25, 0.3) is 0 Å². The molecule has 2 amide bonds. The van der Waals surface area contributed by atoms with Crippen molar-refractivity contribution in [2.75, 3.05) is 18.5 Å². The van der Waals surface area contributed by atoms with E-state index < -0.39 is 0 Å². The molecule has 1 aromatic carbocycles. The van der Waals surface area contributed by atoms with E-state index in [4.69, 9.17) is 9.84 Å². The van der Waals surface area contributed by atoms with Crippen LogP contribution in [-0.2, 0) is 0 Å². The maximum atomic E-state index is 11.5. The smallest absolute Gasteiger partial charge is 0.319 e. The van der Waals surface area contributed by atoms with Gasteiger partial charge in [0.05, 0.1) is 19.3 Å². The van der Waals surface area contributed by atoms with E-state index in [0.29, 0.717) is 18.0 Å². The fraction of sp³-hybridized carbons (Fsp3) is 0.417. The number of carbonyl (C=O) groups excluding carboxylic acids is 1. The number of nitrogens with one attached hydrogen (secondary N) is 2. The van der Waals surface area contributed by atoms with Gasteiger partial charge in [-0.3, -0.25) is 0 Å². The molecule has 1 atom stereocenters. The zero-order chi connectivity index (χ0) is 12.7. The first-order valence-electron chi connectivity index (χ1n) is 5.57. The average Bonchev–Trinajstić information content (AvgIpc) is 2.29. The number of carbonyl (C=O) groups is 1. The Kier molecular flexibility index (Phi) is 5.29. The number of anilines is 1. The Labute approximate surface area is 101 Å². The molecule has 0 bridgehead atoms. The van der Waals surface area contributed by atoms with Crippen LogP contribution >= 0.6 is 0 Å². The van der Waals surface area contributed by atoms with Crippen molar-refractivity contribution in [3.63, 3.8) is 0 Å².